The molecule has 9 heteroatoms. The van der Waals surface area contributed by atoms with Crippen LogP contribution >= 0.6 is 23.6 Å². The number of esters is 2. The average Bonchev–Trinajstić information content (AvgIpc) is 3.11. The summed E-state index contributed by atoms with van der Waals surface area (Å²) in [5, 5.41) is 4.24. The normalized spacial score (nSPS) is 14.2. The van der Waals surface area contributed by atoms with Gasteiger partial charge >= 0.3 is 11.9 Å². The van der Waals surface area contributed by atoms with Crippen molar-refractivity contribution in [2.24, 2.45) is 0 Å². The highest BCUT2D eigenvalue weighted by atomic mass is 32.1. The van der Waals surface area contributed by atoms with Crippen LogP contribution in [0.2, 0.25) is 0 Å². The Kier molecular flexibility index (Phi) is 8.60. The van der Waals surface area contributed by atoms with Gasteiger partial charge in [-0.2, -0.15) is 0 Å². The molecule has 2 aromatic rings. The molecule has 1 aromatic heterocycles. The van der Waals surface area contributed by atoms with Crippen LogP contribution in [0.25, 0.3) is 0 Å². The second kappa shape index (κ2) is 11.4. The Hall–Kier alpha value is -2.49. The molecule has 1 aliphatic heterocycles. The van der Waals surface area contributed by atoms with Crippen LogP contribution in [-0.4, -0.2) is 66.2 Å². The molecule has 1 aromatic carbocycles. The minimum atomic E-state index is -0.477. The Bertz CT molecular complexity index is 954. The van der Waals surface area contributed by atoms with E-state index in [0.717, 1.165) is 32.7 Å². The van der Waals surface area contributed by atoms with Crippen molar-refractivity contribution >= 4 is 45.6 Å². The van der Waals surface area contributed by atoms with E-state index in [0.29, 0.717) is 26.1 Å². The van der Waals surface area contributed by atoms with Gasteiger partial charge in [0.1, 0.15) is 9.88 Å². The van der Waals surface area contributed by atoms with Crippen molar-refractivity contribution in [3.63, 3.8) is 0 Å². The number of nitrogens with zero attached hydrogens (tertiary/aromatic N) is 2. The largest absolute Gasteiger partial charge is 0.462 e. The van der Waals surface area contributed by atoms with Gasteiger partial charge in [0.15, 0.2) is 5.11 Å². The molecule has 0 amide bonds. The Morgan fingerprint density at radius 3 is 2.28 bits per heavy atom. The Balaban J connectivity index is 1.68. The number of carbonyl (C=O) groups is 2. The lowest BCUT2D eigenvalue weighted by molar-refractivity contribution is 0.0527. The van der Waals surface area contributed by atoms with Crippen LogP contribution in [0, 0.1) is 6.92 Å². The van der Waals surface area contributed by atoms with E-state index in [4.69, 9.17) is 21.7 Å². The number of thiocarbonyl (C=S) groups is 1. The minimum absolute atomic E-state index is 0.246. The molecule has 0 aliphatic carbocycles. The van der Waals surface area contributed by atoms with Gasteiger partial charge in [-0.15, -0.1) is 11.3 Å². The first-order chi connectivity index (χ1) is 15.4. The summed E-state index contributed by atoms with van der Waals surface area (Å²) in [6.07, 6.45) is 0. The topological polar surface area (TPSA) is 71.1 Å². The number of thiophene rings is 1. The number of carbonyl (C=O) groups excluding carboxylic acids is 2. The fourth-order valence-corrected chi connectivity index (χ4v) is 5.01. The summed E-state index contributed by atoms with van der Waals surface area (Å²) in [4.78, 5) is 29.8. The molecule has 2 heterocycles. The number of rotatable bonds is 7. The Labute approximate surface area is 198 Å². The molecule has 0 unspecified atom stereocenters. The number of hydrogen-bond donors (Lipinski definition) is 1. The molecule has 0 bridgehead atoms. The molecule has 3 rings (SSSR count). The molecule has 1 saturated heterocycles. The SMILES string of the molecule is CCOC(=O)c1sc(NC(=S)N2CCN(Cc3ccccc3)CC2)c(C(=O)OCC)c1C. The van der Waals surface area contributed by atoms with Crippen molar-refractivity contribution in [1.29, 1.82) is 0 Å². The zero-order chi connectivity index (χ0) is 23.1. The monoisotopic (exact) mass is 475 g/mol. The van der Waals surface area contributed by atoms with E-state index >= 15 is 0 Å². The highest BCUT2D eigenvalue weighted by Crippen LogP contribution is 2.34. The van der Waals surface area contributed by atoms with Gasteiger partial charge in [0.2, 0.25) is 0 Å². The summed E-state index contributed by atoms with van der Waals surface area (Å²) in [6.45, 7) is 9.98. The Morgan fingerprint density at radius 1 is 1.03 bits per heavy atom. The van der Waals surface area contributed by atoms with Crippen LogP contribution in [0.1, 0.15) is 45.0 Å². The quantitative estimate of drug-likeness (QED) is 0.477. The van der Waals surface area contributed by atoms with Crippen molar-refractivity contribution in [2.75, 3.05) is 44.7 Å². The molecule has 1 fully saturated rings. The highest BCUT2D eigenvalue weighted by molar-refractivity contribution is 7.80. The number of ether oxygens (including phenoxy) is 2. The molecule has 0 saturated carbocycles. The zero-order valence-corrected chi connectivity index (χ0v) is 20.3. The molecule has 0 radical (unpaired) electrons. The lowest BCUT2D eigenvalue weighted by Gasteiger charge is -2.36. The predicted octanol–water partition coefficient (Wildman–Crippen LogP) is 3.92. The number of piperazine rings is 1. The third kappa shape index (κ3) is 5.85. The highest BCUT2D eigenvalue weighted by Gasteiger charge is 2.28. The van der Waals surface area contributed by atoms with Crippen LogP contribution < -0.4 is 5.32 Å². The molecule has 0 spiro atoms. The van der Waals surface area contributed by atoms with Crippen molar-refractivity contribution in [3.05, 3.63) is 51.9 Å². The Morgan fingerprint density at radius 2 is 1.66 bits per heavy atom. The first-order valence-electron chi connectivity index (χ1n) is 10.7. The van der Waals surface area contributed by atoms with Crippen LogP contribution in [0.4, 0.5) is 5.00 Å². The van der Waals surface area contributed by atoms with Gasteiger partial charge in [-0.05, 0) is 44.1 Å². The average molecular weight is 476 g/mol. The van der Waals surface area contributed by atoms with E-state index in [2.05, 4.69) is 39.4 Å². The van der Waals surface area contributed by atoms with Crippen molar-refractivity contribution in [3.8, 4) is 0 Å². The first kappa shape index (κ1) is 24.2. The maximum absolute atomic E-state index is 12.6. The van der Waals surface area contributed by atoms with Gasteiger partial charge in [-0.25, -0.2) is 9.59 Å². The second-order valence-electron chi connectivity index (χ2n) is 7.38. The summed E-state index contributed by atoms with van der Waals surface area (Å²) < 4.78 is 10.4. The van der Waals surface area contributed by atoms with Gasteiger partial charge in [0.25, 0.3) is 0 Å². The van der Waals surface area contributed by atoms with E-state index in [1.54, 1.807) is 20.8 Å². The van der Waals surface area contributed by atoms with E-state index in [1.807, 2.05) is 6.07 Å². The fourth-order valence-electron chi connectivity index (χ4n) is 3.57. The summed E-state index contributed by atoms with van der Waals surface area (Å²) in [6, 6.07) is 10.4. The van der Waals surface area contributed by atoms with Gasteiger partial charge < -0.3 is 19.7 Å². The summed E-state index contributed by atoms with van der Waals surface area (Å²) in [7, 11) is 0. The molecular weight excluding hydrogens is 446 g/mol. The predicted molar refractivity (Wildman–Crippen MR) is 130 cm³/mol. The summed E-state index contributed by atoms with van der Waals surface area (Å²) >= 11 is 6.81. The smallest absolute Gasteiger partial charge is 0.348 e. The third-order valence-corrected chi connectivity index (χ3v) is 6.76. The first-order valence-corrected chi connectivity index (χ1v) is 12.0. The standard InChI is InChI=1S/C23H29N3O4S2/c1-4-29-21(27)18-16(3)19(22(28)30-5-2)32-20(18)24-23(31)26-13-11-25(12-14-26)15-17-9-7-6-8-10-17/h6-10H,4-5,11-15H2,1-3H3,(H,24,31). The molecule has 32 heavy (non-hydrogen) atoms. The third-order valence-electron chi connectivity index (χ3n) is 5.22. The van der Waals surface area contributed by atoms with Gasteiger partial charge in [-0.3, -0.25) is 4.90 Å². The van der Waals surface area contributed by atoms with Gasteiger partial charge in [-0.1, -0.05) is 30.3 Å². The maximum Gasteiger partial charge on any atom is 0.348 e. The van der Waals surface area contributed by atoms with Gasteiger partial charge in [0, 0.05) is 32.7 Å². The van der Waals surface area contributed by atoms with Crippen molar-refractivity contribution in [1.82, 2.24) is 9.80 Å². The van der Waals surface area contributed by atoms with Crippen molar-refractivity contribution < 1.29 is 19.1 Å². The number of benzene rings is 1. The van der Waals surface area contributed by atoms with E-state index < -0.39 is 11.9 Å². The van der Waals surface area contributed by atoms with E-state index in [-0.39, 0.29) is 13.2 Å². The maximum atomic E-state index is 12.6. The fraction of sp³-hybridized carbons (Fsp3) is 0.435. The zero-order valence-electron chi connectivity index (χ0n) is 18.7. The summed E-state index contributed by atoms with van der Waals surface area (Å²) in [5.41, 5.74) is 2.18. The molecular formula is C23H29N3O4S2. The molecule has 0 atom stereocenters. The van der Waals surface area contributed by atoms with Crippen LogP contribution in [0.5, 0.6) is 0 Å². The summed E-state index contributed by atoms with van der Waals surface area (Å²) in [5.74, 6) is -0.927. The van der Waals surface area contributed by atoms with Gasteiger partial charge in [0.05, 0.1) is 18.8 Å². The minimum Gasteiger partial charge on any atom is -0.462 e. The lowest BCUT2D eigenvalue weighted by atomic mass is 10.1. The van der Waals surface area contributed by atoms with E-state index in [1.165, 1.54) is 16.9 Å². The van der Waals surface area contributed by atoms with Crippen LogP contribution in [0.15, 0.2) is 30.3 Å². The number of hydrogen-bond acceptors (Lipinski definition) is 7. The number of anilines is 1. The molecule has 1 N–H and O–H groups in total. The lowest BCUT2D eigenvalue weighted by Crippen LogP contribution is -2.49. The van der Waals surface area contributed by atoms with E-state index in [9.17, 15) is 9.59 Å². The molecule has 172 valence electrons. The van der Waals surface area contributed by atoms with Crippen LogP contribution in [0.3, 0.4) is 0 Å². The second-order valence-corrected chi connectivity index (χ2v) is 8.79. The van der Waals surface area contributed by atoms with Crippen LogP contribution in [-0.2, 0) is 16.0 Å². The molecule has 1 aliphatic rings. The molecule has 7 nitrogen and oxygen atoms in total. The van der Waals surface area contributed by atoms with Crippen molar-refractivity contribution in [2.45, 2.75) is 27.3 Å². The number of nitrogens with one attached hydrogen (secondary N) is 1.